The number of hydrogen-bond acceptors (Lipinski definition) is 5. The lowest BCUT2D eigenvalue weighted by Gasteiger charge is -2.21. The summed E-state index contributed by atoms with van der Waals surface area (Å²) in [5, 5.41) is 1.90. The number of nitrogens with one attached hydrogen (secondary N) is 1. The van der Waals surface area contributed by atoms with E-state index in [0.717, 1.165) is 5.56 Å². The van der Waals surface area contributed by atoms with Crippen LogP contribution < -0.4 is 10.5 Å². The van der Waals surface area contributed by atoms with Crippen LogP contribution in [-0.4, -0.2) is 41.4 Å². The van der Waals surface area contributed by atoms with E-state index in [0.29, 0.717) is 28.3 Å². The normalized spacial score (nSPS) is 11.3. The van der Waals surface area contributed by atoms with Crippen molar-refractivity contribution in [3.8, 4) is 0 Å². The molecule has 26 heavy (non-hydrogen) atoms. The molecule has 0 saturated carbocycles. The fourth-order valence-corrected chi connectivity index (χ4v) is 3.52. The molecule has 0 aliphatic rings. The first kappa shape index (κ1) is 18.2. The third-order valence-electron chi connectivity index (χ3n) is 4.05. The summed E-state index contributed by atoms with van der Waals surface area (Å²) in [7, 11) is 3.37. The highest BCUT2D eigenvalue weighted by Gasteiger charge is 2.16. The second kappa shape index (κ2) is 7.35. The number of aryl methyl sites for hydroxylation is 1. The lowest BCUT2D eigenvalue weighted by atomic mass is 10.3. The summed E-state index contributed by atoms with van der Waals surface area (Å²) in [5.74, 6) is -0.0716. The highest BCUT2D eigenvalue weighted by atomic mass is 32.1. The Morgan fingerprint density at radius 2 is 2.12 bits per heavy atom. The molecule has 1 aromatic carbocycles. The van der Waals surface area contributed by atoms with Crippen LogP contribution in [0, 0.1) is 12.7 Å². The number of likely N-dealkylation sites (N-methyl/N-ethyl adjacent to an activating group) is 2. The van der Waals surface area contributed by atoms with Gasteiger partial charge in [-0.15, -0.1) is 11.3 Å². The van der Waals surface area contributed by atoms with Crippen molar-refractivity contribution >= 4 is 33.1 Å². The van der Waals surface area contributed by atoms with Crippen molar-refractivity contribution in [3.63, 3.8) is 0 Å². The van der Waals surface area contributed by atoms with E-state index in [1.807, 2.05) is 12.3 Å². The first-order valence-electron chi connectivity index (χ1n) is 8.03. The molecule has 2 aromatic heterocycles. The van der Waals surface area contributed by atoms with E-state index in [1.54, 1.807) is 31.1 Å². The van der Waals surface area contributed by atoms with Crippen LogP contribution in [0.25, 0.3) is 10.2 Å². The van der Waals surface area contributed by atoms with Gasteiger partial charge in [-0.25, -0.2) is 9.37 Å². The van der Waals surface area contributed by atoms with Gasteiger partial charge in [-0.1, -0.05) is 6.07 Å². The summed E-state index contributed by atoms with van der Waals surface area (Å²) in [6, 6.07) is 5.88. The highest BCUT2D eigenvalue weighted by molar-refractivity contribution is 7.17. The number of aromatic amines is 1. The first-order chi connectivity index (χ1) is 12.3. The number of carbonyl (C=O) groups is 1. The fraction of sp³-hybridized carbons (Fsp3) is 0.278. The van der Waals surface area contributed by atoms with E-state index in [-0.39, 0.29) is 18.0 Å². The molecule has 8 heteroatoms. The largest absolute Gasteiger partial charge is 0.314 e. The molecule has 136 valence electrons. The average molecular weight is 374 g/mol. The Morgan fingerprint density at radius 3 is 2.85 bits per heavy atom. The summed E-state index contributed by atoms with van der Waals surface area (Å²) >= 11 is 1.37. The molecule has 3 rings (SSSR count). The summed E-state index contributed by atoms with van der Waals surface area (Å²) in [6.45, 7) is 2.34. The van der Waals surface area contributed by atoms with E-state index < -0.39 is 5.82 Å². The summed E-state index contributed by atoms with van der Waals surface area (Å²) in [6.07, 6.45) is 0. The molecular weight excluding hydrogens is 355 g/mol. The van der Waals surface area contributed by atoms with Crippen LogP contribution in [0.5, 0.6) is 0 Å². The fourth-order valence-electron chi connectivity index (χ4n) is 2.64. The molecule has 0 fully saturated rings. The summed E-state index contributed by atoms with van der Waals surface area (Å²) in [4.78, 5) is 35.0. The lowest BCUT2D eigenvalue weighted by Crippen LogP contribution is -2.37. The van der Waals surface area contributed by atoms with Gasteiger partial charge in [0.2, 0.25) is 5.91 Å². The number of thiophene rings is 1. The van der Waals surface area contributed by atoms with Crippen molar-refractivity contribution in [2.75, 3.05) is 25.5 Å². The number of hydrogen-bond donors (Lipinski definition) is 1. The van der Waals surface area contributed by atoms with Gasteiger partial charge in [0.15, 0.2) is 0 Å². The van der Waals surface area contributed by atoms with Crippen LogP contribution in [-0.2, 0) is 11.3 Å². The van der Waals surface area contributed by atoms with Crippen molar-refractivity contribution in [1.82, 2.24) is 14.9 Å². The Bertz CT molecular complexity index is 1010. The number of rotatable bonds is 5. The van der Waals surface area contributed by atoms with E-state index >= 15 is 0 Å². The number of halogens is 1. The zero-order valence-corrected chi connectivity index (χ0v) is 15.6. The monoisotopic (exact) mass is 374 g/mol. The van der Waals surface area contributed by atoms with Crippen molar-refractivity contribution in [3.05, 3.63) is 57.2 Å². The standard InChI is InChI=1S/C18H19FN4O2S/c1-11-10-26-17-16(11)20-14(21-18(17)25)8-22(2)9-15(24)23(3)13-6-4-5-12(19)7-13/h4-7,10H,8-9H2,1-3H3,(H,20,21,25). The van der Waals surface area contributed by atoms with Gasteiger partial charge in [0.1, 0.15) is 16.3 Å². The Kier molecular flexibility index (Phi) is 5.15. The quantitative estimate of drug-likeness (QED) is 0.745. The molecule has 0 bridgehead atoms. The Morgan fingerprint density at radius 1 is 1.35 bits per heavy atom. The molecule has 0 atom stereocenters. The SMILES string of the molecule is Cc1csc2c(=O)[nH]c(CN(C)CC(=O)N(C)c3cccc(F)c3)nc12. The molecule has 0 aliphatic carbocycles. The molecule has 0 spiro atoms. The zero-order chi connectivity index (χ0) is 18.8. The third-order valence-corrected chi connectivity index (χ3v) is 5.13. The van der Waals surface area contributed by atoms with Crippen molar-refractivity contribution < 1.29 is 9.18 Å². The maximum atomic E-state index is 13.3. The molecule has 2 heterocycles. The second-order valence-electron chi connectivity index (χ2n) is 6.21. The smallest absolute Gasteiger partial charge is 0.268 e. The van der Waals surface area contributed by atoms with Crippen LogP contribution in [0.15, 0.2) is 34.4 Å². The van der Waals surface area contributed by atoms with Gasteiger partial charge in [0.05, 0.1) is 18.6 Å². The molecule has 1 N–H and O–H groups in total. The number of amides is 1. The average Bonchev–Trinajstić information content (AvgIpc) is 2.95. The second-order valence-corrected chi connectivity index (χ2v) is 7.09. The topological polar surface area (TPSA) is 69.3 Å². The molecule has 0 unspecified atom stereocenters. The van der Waals surface area contributed by atoms with Crippen LogP contribution in [0.3, 0.4) is 0 Å². The lowest BCUT2D eigenvalue weighted by molar-refractivity contribution is -0.119. The summed E-state index contributed by atoms with van der Waals surface area (Å²) in [5.41, 5.74) is 1.98. The van der Waals surface area contributed by atoms with Crippen LogP contribution in [0.2, 0.25) is 0 Å². The number of anilines is 1. The minimum atomic E-state index is -0.392. The molecule has 0 radical (unpaired) electrons. The van der Waals surface area contributed by atoms with Crippen LogP contribution in [0.1, 0.15) is 11.4 Å². The molecule has 3 aromatic rings. The van der Waals surface area contributed by atoms with Gasteiger partial charge in [0.25, 0.3) is 5.56 Å². The molecule has 6 nitrogen and oxygen atoms in total. The van der Waals surface area contributed by atoms with Gasteiger partial charge in [-0.05, 0) is 43.1 Å². The van der Waals surface area contributed by atoms with E-state index in [1.165, 1.54) is 28.4 Å². The van der Waals surface area contributed by atoms with E-state index in [9.17, 15) is 14.0 Å². The van der Waals surface area contributed by atoms with Gasteiger partial charge in [0, 0.05) is 12.7 Å². The Hall–Kier alpha value is -2.58. The molecule has 1 amide bonds. The van der Waals surface area contributed by atoms with Gasteiger partial charge < -0.3 is 9.88 Å². The van der Waals surface area contributed by atoms with Crippen molar-refractivity contribution in [2.24, 2.45) is 0 Å². The molecule has 0 saturated heterocycles. The molecular formula is C18H19FN4O2S. The van der Waals surface area contributed by atoms with Gasteiger partial charge in [-0.2, -0.15) is 0 Å². The minimum absolute atomic E-state index is 0.109. The predicted molar refractivity (Wildman–Crippen MR) is 101 cm³/mol. The maximum absolute atomic E-state index is 13.3. The number of fused-ring (bicyclic) bond motifs is 1. The number of benzene rings is 1. The minimum Gasteiger partial charge on any atom is -0.314 e. The van der Waals surface area contributed by atoms with E-state index in [2.05, 4.69) is 9.97 Å². The van der Waals surface area contributed by atoms with Crippen molar-refractivity contribution in [2.45, 2.75) is 13.5 Å². The van der Waals surface area contributed by atoms with Crippen LogP contribution >= 0.6 is 11.3 Å². The number of nitrogens with zero attached hydrogens (tertiary/aromatic N) is 3. The predicted octanol–water partition coefficient (Wildman–Crippen LogP) is 2.53. The van der Waals surface area contributed by atoms with Crippen molar-refractivity contribution in [1.29, 1.82) is 0 Å². The third kappa shape index (κ3) is 3.81. The number of H-pyrrole nitrogens is 1. The highest BCUT2D eigenvalue weighted by Crippen LogP contribution is 2.20. The number of carbonyl (C=O) groups excluding carboxylic acids is 1. The first-order valence-corrected chi connectivity index (χ1v) is 8.91. The van der Waals surface area contributed by atoms with Gasteiger partial charge >= 0.3 is 0 Å². The maximum Gasteiger partial charge on any atom is 0.268 e. The Balaban J connectivity index is 1.70. The Labute approximate surface area is 153 Å². The number of aromatic nitrogens is 2. The van der Waals surface area contributed by atoms with Crippen LogP contribution in [0.4, 0.5) is 10.1 Å². The zero-order valence-electron chi connectivity index (χ0n) is 14.7. The van der Waals surface area contributed by atoms with E-state index in [4.69, 9.17) is 0 Å². The summed E-state index contributed by atoms with van der Waals surface area (Å²) < 4.78 is 13.9. The molecule has 0 aliphatic heterocycles. The van der Waals surface area contributed by atoms with Gasteiger partial charge in [-0.3, -0.25) is 14.5 Å².